The van der Waals surface area contributed by atoms with E-state index in [-0.39, 0.29) is 35.2 Å². The monoisotopic (exact) mass is 549 g/mol. The number of hydrogen-bond donors (Lipinski definition) is 3. The smallest absolute Gasteiger partial charge is 0.341 e. The molecule has 1 aliphatic carbocycles. The van der Waals surface area contributed by atoms with Crippen LogP contribution in [0, 0.1) is 11.6 Å². The van der Waals surface area contributed by atoms with E-state index in [1.807, 2.05) is 0 Å². The summed E-state index contributed by atoms with van der Waals surface area (Å²) in [6.45, 7) is 3.77. The zero-order chi connectivity index (χ0) is 27.7. The van der Waals surface area contributed by atoms with Crippen LogP contribution in [0.3, 0.4) is 0 Å². The number of piperidine rings is 1. The average molecular weight is 550 g/mol. The number of rotatable bonds is 6. The van der Waals surface area contributed by atoms with Gasteiger partial charge in [0, 0.05) is 25.2 Å². The molecule has 1 saturated carbocycles. The second kappa shape index (κ2) is 10.9. The van der Waals surface area contributed by atoms with Gasteiger partial charge in [-0.25, -0.2) is 13.8 Å². The Morgan fingerprint density at radius 2 is 1.85 bits per heavy atom. The summed E-state index contributed by atoms with van der Waals surface area (Å²) in [4.78, 5) is 36.7. The Morgan fingerprint density at radius 1 is 1.13 bits per heavy atom. The summed E-state index contributed by atoms with van der Waals surface area (Å²) < 4.78 is 59.0. The fourth-order valence-electron chi connectivity index (χ4n) is 5.43. The van der Waals surface area contributed by atoms with E-state index in [1.165, 1.54) is 17.0 Å². The van der Waals surface area contributed by atoms with Crippen molar-refractivity contribution in [1.29, 1.82) is 0 Å². The van der Waals surface area contributed by atoms with Crippen LogP contribution >= 0.6 is 0 Å². The van der Waals surface area contributed by atoms with Gasteiger partial charge < -0.3 is 25.8 Å². The van der Waals surface area contributed by atoms with Crippen molar-refractivity contribution >= 4 is 35.0 Å². The van der Waals surface area contributed by atoms with Crippen LogP contribution in [0.5, 0.6) is 0 Å². The number of hydrogen-bond acceptors (Lipinski definition) is 7. The molecule has 1 saturated heterocycles. The minimum atomic E-state index is -3.64. The maximum Gasteiger partial charge on any atom is 0.341 e. The van der Waals surface area contributed by atoms with Crippen molar-refractivity contribution in [3.05, 3.63) is 35.5 Å². The van der Waals surface area contributed by atoms with E-state index in [0.29, 0.717) is 12.8 Å². The highest BCUT2D eigenvalue weighted by Crippen LogP contribution is 2.37. The van der Waals surface area contributed by atoms with E-state index < -0.39 is 41.5 Å². The Kier molecular flexibility index (Phi) is 7.61. The molecule has 0 radical (unpaired) electrons. The van der Waals surface area contributed by atoms with E-state index in [0.717, 1.165) is 51.5 Å². The van der Waals surface area contributed by atoms with E-state index >= 15 is 4.39 Å². The van der Waals surface area contributed by atoms with Crippen LogP contribution in [0.2, 0.25) is 0 Å². The molecule has 5 rings (SSSR count). The van der Waals surface area contributed by atoms with E-state index in [2.05, 4.69) is 37.7 Å². The molecule has 2 aliphatic heterocycles. The second-order valence-electron chi connectivity index (χ2n) is 10.3. The van der Waals surface area contributed by atoms with Gasteiger partial charge in [-0.15, -0.1) is 0 Å². The molecule has 0 bridgehead atoms. The highest BCUT2D eigenvalue weighted by Gasteiger charge is 2.46. The largest absolute Gasteiger partial charge is 0.349 e. The number of anilines is 4. The number of nitrogens with zero attached hydrogens (tertiary/aromatic N) is 4. The van der Waals surface area contributed by atoms with Crippen LogP contribution in [-0.2, 0) is 4.79 Å². The third-order valence-electron chi connectivity index (χ3n) is 7.70. The lowest BCUT2D eigenvalue weighted by Gasteiger charge is -2.31. The van der Waals surface area contributed by atoms with E-state index in [4.69, 9.17) is 0 Å². The number of fused-ring (bicyclic) bond motifs is 1. The van der Waals surface area contributed by atoms with Crippen molar-refractivity contribution in [3.8, 4) is 0 Å². The summed E-state index contributed by atoms with van der Waals surface area (Å²) in [5.74, 6) is -8.50. The molecule has 2 amide bonds. The maximum atomic E-state index is 15.0. The molecule has 2 fully saturated rings. The van der Waals surface area contributed by atoms with Crippen molar-refractivity contribution in [2.24, 2.45) is 0 Å². The molecular formula is C26H31F4N7O2. The van der Waals surface area contributed by atoms with Gasteiger partial charge in [-0.1, -0.05) is 19.8 Å². The van der Waals surface area contributed by atoms with Gasteiger partial charge in [-0.2, -0.15) is 13.8 Å². The Balaban J connectivity index is 1.35. The first-order valence-electron chi connectivity index (χ1n) is 13.3. The number of likely N-dealkylation sites (tertiary alicyclic amines) is 1. The lowest BCUT2D eigenvalue weighted by atomic mass is 10.0. The predicted octanol–water partition coefficient (Wildman–Crippen LogP) is 4.05. The first-order valence-corrected chi connectivity index (χ1v) is 13.3. The van der Waals surface area contributed by atoms with Crippen molar-refractivity contribution in [1.82, 2.24) is 20.2 Å². The summed E-state index contributed by atoms with van der Waals surface area (Å²) in [5, 5.41) is 7.54. The van der Waals surface area contributed by atoms with Crippen LogP contribution in [0.4, 0.5) is 40.7 Å². The van der Waals surface area contributed by atoms with E-state index in [1.54, 1.807) is 0 Å². The Hall–Kier alpha value is -3.48. The first-order chi connectivity index (χ1) is 18.7. The van der Waals surface area contributed by atoms with Gasteiger partial charge in [0.15, 0.2) is 17.5 Å². The van der Waals surface area contributed by atoms with Gasteiger partial charge in [0.25, 0.3) is 11.8 Å². The summed E-state index contributed by atoms with van der Waals surface area (Å²) in [7, 11) is 0. The third-order valence-corrected chi connectivity index (χ3v) is 7.70. The van der Waals surface area contributed by atoms with Crippen molar-refractivity contribution in [2.45, 2.75) is 63.5 Å². The Bertz CT molecular complexity index is 1250. The predicted molar refractivity (Wildman–Crippen MR) is 137 cm³/mol. The fraction of sp³-hybridized carbons (Fsp3) is 0.538. The number of carbonyl (C=O) groups is 2. The molecule has 1 aromatic heterocycles. The van der Waals surface area contributed by atoms with Crippen LogP contribution in [0.15, 0.2) is 18.3 Å². The van der Waals surface area contributed by atoms with Crippen LogP contribution in [0.25, 0.3) is 0 Å². The van der Waals surface area contributed by atoms with Gasteiger partial charge in [0.1, 0.15) is 5.69 Å². The molecule has 3 heterocycles. The van der Waals surface area contributed by atoms with Crippen LogP contribution in [0.1, 0.15) is 55.8 Å². The number of nitrogens with one attached hydrogen (secondary N) is 3. The molecule has 210 valence electrons. The Morgan fingerprint density at radius 3 is 2.54 bits per heavy atom. The number of alkyl halides is 2. The molecule has 3 aliphatic rings. The third kappa shape index (κ3) is 5.63. The molecule has 39 heavy (non-hydrogen) atoms. The number of halogens is 4. The molecule has 9 nitrogen and oxygen atoms in total. The lowest BCUT2D eigenvalue weighted by molar-refractivity contribution is -0.138. The zero-order valence-electron chi connectivity index (χ0n) is 21.6. The van der Waals surface area contributed by atoms with Gasteiger partial charge >= 0.3 is 5.92 Å². The van der Waals surface area contributed by atoms with Crippen molar-refractivity contribution < 1.29 is 27.2 Å². The van der Waals surface area contributed by atoms with Gasteiger partial charge in [-0.3, -0.25) is 9.59 Å². The lowest BCUT2D eigenvalue weighted by Crippen LogP contribution is -2.46. The standard InChI is InChI=1S/C26H31F4N7O2/c1-2-36-11-9-15(10-12-36)32-23(38)17-7-8-18(21(28)20(17)27)34-25-31-13-19-22(35-25)37(16-5-3-4-6-16)14-26(29,30)24(39)33-19/h7-8,13,15-16H,2-6,9-12,14H2,1H3,(H,32,38)(H,33,39)(H,31,34,35). The summed E-state index contributed by atoms with van der Waals surface area (Å²) in [6, 6.07) is 2.01. The minimum Gasteiger partial charge on any atom is -0.349 e. The second-order valence-corrected chi connectivity index (χ2v) is 10.3. The summed E-state index contributed by atoms with van der Waals surface area (Å²) >= 11 is 0. The Labute approximate surface area is 223 Å². The number of amides is 2. The average Bonchev–Trinajstić information content (AvgIpc) is 3.43. The molecule has 3 N–H and O–H groups in total. The molecule has 0 spiro atoms. The molecular weight excluding hydrogens is 518 g/mol. The number of aromatic nitrogens is 2. The van der Waals surface area contributed by atoms with Crippen LogP contribution in [-0.4, -0.2) is 70.9 Å². The number of carbonyl (C=O) groups excluding carboxylic acids is 2. The maximum absolute atomic E-state index is 15.0. The molecule has 0 unspecified atom stereocenters. The van der Waals surface area contributed by atoms with Gasteiger partial charge in [0.05, 0.1) is 24.0 Å². The quantitative estimate of drug-likeness (QED) is 0.468. The topological polar surface area (TPSA) is 102 Å². The van der Waals surface area contributed by atoms with Crippen LogP contribution < -0.4 is 20.9 Å². The highest BCUT2D eigenvalue weighted by molar-refractivity contribution is 6.00. The normalized spacial score (nSPS) is 20.3. The molecule has 1 aromatic carbocycles. The molecule has 13 heteroatoms. The highest BCUT2D eigenvalue weighted by atomic mass is 19.3. The van der Waals surface area contributed by atoms with Crippen molar-refractivity contribution in [2.75, 3.05) is 41.7 Å². The van der Waals surface area contributed by atoms with Crippen molar-refractivity contribution in [3.63, 3.8) is 0 Å². The summed E-state index contributed by atoms with van der Waals surface area (Å²) in [6.07, 6.45) is 5.66. The fourth-order valence-corrected chi connectivity index (χ4v) is 5.43. The van der Waals surface area contributed by atoms with E-state index in [9.17, 15) is 22.8 Å². The van der Waals surface area contributed by atoms with Gasteiger partial charge in [0.2, 0.25) is 5.95 Å². The number of benzene rings is 1. The SMILES string of the molecule is CCN1CCC(NC(=O)c2ccc(Nc3ncc4c(n3)N(C3CCCC3)CC(F)(F)C(=O)N4)c(F)c2F)CC1. The zero-order valence-corrected chi connectivity index (χ0v) is 21.6. The first kappa shape index (κ1) is 27.1. The molecule has 0 atom stereocenters. The van der Waals surface area contributed by atoms with Gasteiger partial charge in [-0.05, 0) is 44.4 Å². The minimum absolute atomic E-state index is 0.0121. The molecule has 2 aromatic rings. The summed E-state index contributed by atoms with van der Waals surface area (Å²) in [5.41, 5.74) is -0.732.